The number of benzene rings is 2. The van der Waals surface area contributed by atoms with Crippen molar-refractivity contribution in [1.82, 2.24) is 4.90 Å². The number of carbonyl (C=O) groups excluding carboxylic acids is 3. The Morgan fingerprint density at radius 1 is 1.14 bits per heavy atom. The fourth-order valence-corrected chi connectivity index (χ4v) is 3.43. The molecule has 1 saturated heterocycles. The first-order valence-electron chi connectivity index (χ1n) is 9.49. The van der Waals surface area contributed by atoms with Gasteiger partial charge >= 0.3 is 5.97 Å². The molecule has 2 N–H and O–H groups in total. The summed E-state index contributed by atoms with van der Waals surface area (Å²) in [5.74, 6) is -0.782. The van der Waals surface area contributed by atoms with E-state index in [1.807, 2.05) is 36.4 Å². The molecular formula is C22H24N2O5. The molecule has 1 atom stereocenters. The zero-order valence-corrected chi connectivity index (χ0v) is 16.3. The Kier molecular flexibility index (Phi) is 6.49. The molecule has 152 valence electrons. The van der Waals surface area contributed by atoms with Crippen LogP contribution in [0.25, 0.3) is 16.8 Å². The molecule has 1 heterocycles. The predicted molar refractivity (Wildman–Crippen MR) is 109 cm³/mol. The second-order valence-electron chi connectivity index (χ2n) is 6.91. The Labute approximate surface area is 169 Å². The maximum atomic E-state index is 12.3. The number of methoxy groups -OCH3 is 1. The summed E-state index contributed by atoms with van der Waals surface area (Å²) in [7, 11) is 1.62. The van der Waals surface area contributed by atoms with Crippen LogP contribution in [0.3, 0.4) is 0 Å². The first-order valence-corrected chi connectivity index (χ1v) is 9.49. The molecule has 2 amide bonds. The number of carbonyl (C=O) groups is 3. The molecule has 3 rings (SSSR count). The summed E-state index contributed by atoms with van der Waals surface area (Å²) in [5, 5.41) is 2.04. The Hall–Kier alpha value is -3.35. The largest absolute Gasteiger partial charge is 0.497 e. The smallest absolute Gasteiger partial charge is 0.331 e. The van der Waals surface area contributed by atoms with Crippen molar-refractivity contribution in [3.05, 3.63) is 48.0 Å². The summed E-state index contributed by atoms with van der Waals surface area (Å²) in [6, 6.07) is 10.9. The summed E-state index contributed by atoms with van der Waals surface area (Å²) in [6.07, 6.45) is 5.10. The minimum absolute atomic E-state index is 0.407. The molecule has 0 bridgehead atoms. The second kappa shape index (κ2) is 9.23. The summed E-state index contributed by atoms with van der Waals surface area (Å²) >= 11 is 0. The van der Waals surface area contributed by atoms with Crippen molar-refractivity contribution in [3.63, 3.8) is 0 Å². The molecule has 1 fully saturated rings. The summed E-state index contributed by atoms with van der Waals surface area (Å²) in [6.45, 7) is 0.0339. The van der Waals surface area contributed by atoms with Crippen molar-refractivity contribution in [2.24, 2.45) is 5.73 Å². The van der Waals surface area contributed by atoms with Crippen LogP contribution in [0, 0.1) is 0 Å². The molecule has 29 heavy (non-hydrogen) atoms. The second-order valence-corrected chi connectivity index (χ2v) is 6.91. The summed E-state index contributed by atoms with van der Waals surface area (Å²) < 4.78 is 10.2. The van der Waals surface area contributed by atoms with E-state index < -0.39 is 30.4 Å². The highest BCUT2D eigenvalue weighted by Gasteiger charge is 2.30. The number of ether oxygens (including phenoxy) is 2. The first kappa shape index (κ1) is 20.4. The highest BCUT2D eigenvalue weighted by Crippen LogP contribution is 2.22. The van der Waals surface area contributed by atoms with Gasteiger partial charge in [-0.2, -0.15) is 0 Å². The number of hydrogen-bond acceptors (Lipinski definition) is 5. The van der Waals surface area contributed by atoms with Crippen LogP contribution in [0.1, 0.15) is 24.8 Å². The van der Waals surface area contributed by atoms with Crippen LogP contribution in [0.2, 0.25) is 0 Å². The zero-order valence-electron chi connectivity index (χ0n) is 16.3. The third kappa shape index (κ3) is 5.13. The lowest BCUT2D eigenvalue weighted by atomic mass is 10.0. The number of esters is 1. The van der Waals surface area contributed by atoms with Crippen LogP contribution in [-0.4, -0.2) is 49.0 Å². The minimum Gasteiger partial charge on any atom is -0.497 e. The summed E-state index contributed by atoms with van der Waals surface area (Å²) in [4.78, 5) is 37.2. The van der Waals surface area contributed by atoms with Crippen LogP contribution >= 0.6 is 0 Å². The molecule has 0 aliphatic carbocycles. The maximum Gasteiger partial charge on any atom is 0.331 e. The molecule has 2 aromatic carbocycles. The highest BCUT2D eigenvalue weighted by atomic mass is 16.5. The van der Waals surface area contributed by atoms with Gasteiger partial charge in [0, 0.05) is 12.6 Å². The van der Waals surface area contributed by atoms with Gasteiger partial charge in [0.25, 0.3) is 5.91 Å². The average Bonchev–Trinajstić information content (AvgIpc) is 2.75. The molecule has 1 aliphatic rings. The lowest BCUT2D eigenvalue weighted by Crippen LogP contribution is -2.51. The van der Waals surface area contributed by atoms with E-state index in [-0.39, 0.29) is 0 Å². The van der Waals surface area contributed by atoms with Gasteiger partial charge in [-0.1, -0.05) is 18.2 Å². The number of piperidine rings is 1. The Bertz CT molecular complexity index is 953. The lowest BCUT2D eigenvalue weighted by molar-refractivity contribution is -0.151. The number of likely N-dealkylation sites (tertiary alicyclic amines) is 1. The van der Waals surface area contributed by atoms with Crippen molar-refractivity contribution >= 4 is 34.6 Å². The number of nitrogens with zero attached hydrogens (tertiary/aromatic N) is 1. The topological polar surface area (TPSA) is 98.9 Å². The first-order chi connectivity index (χ1) is 14.0. The number of amides is 2. The molecule has 0 unspecified atom stereocenters. The van der Waals surface area contributed by atoms with E-state index in [1.54, 1.807) is 13.2 Å². The summed E-state index contributed by atoms with van der Waals surface area (Å²) in [5.41, 5.74) is 6.19. The highest BCUT2D eigenvalue weighted by molar-refractivity contribution is 5.92. The van der Waals surface area contributed by atoms with E-state index in [2.05, 4.69) is 0 Å². The average molecular weight is 396 g/mol. The van der Waals surface area contributed by atoms with E-state index in [9.17, 15) is 14.4 Å². The lowest BCUT2D eigenvalue weighted by Gasteiger charge is -2.33. The monoisotopic (exact) mass is 396 g/mol. The number of rotatable bonds is 6. The standard InChI is InChI=1S/C22H24N2O5/c1-28-18-9-8-16-12-15(5-7-17(16)13-18)6-10-21(26)29-14-20(25)24-11-3-2-4-19(24)22(23)27/h5-10,12-13,19H,2-4,11,14H2,1H3,(H2,23,27)/b10-6+/t19-/m1/s1. The van der Waals surface area contributed by atoms with Crippen LogP contribution in [0.15, 0.2) is 42.5 Å². The molecule has 0 aromatic heterocycles. The third-order valence-electron chi connectivity index (χ3n) is 4.97. The molecular weight excluding hydrogens is 372 g/mol. The van der Waals surface area contributed by atoms with Gasteiger partial charge in [0.15, 0.2) is 6.61 Å². The van der Waals surface area contributed by atoms with Crippen molar-refractivity contribution < 1.29 is 23.9 Å². The number of nitrogens with two attached hydrogens (primary N) is 1. The number of fused-ring (bicyclic) bond motifs is 1. The van der Waals surface area contributed by atoms with Crippen LogP contribution < -0.4 is 10.5 Å². The quantitative estimate of drug-likeness (QED) is 0.597. The molecule has 0 spiro atoms. The fraction of sp³-hybridized carbons (Fsp3) is 0.318. The van der Waals surface area contributed by atoms with Gasteiger partial charge in [0.05, 0.1) is 7.11 Å². The van der Waals surface area contributed by atoms with Crippen molar-refractivity contribution in [2.75, 3.05) is 20.3 Å². The Morgan fingerprint density at radius 2 is 1.90 bits per heavy atom. The molecule has 1 aliphatic heterocycles. The van der Waals surface area contributed by atoms with Gasteiger partial charge in [-0.3, -0.25) is 9.59 Å². The van der Waals surface area contributed by atoms with E-state index in [4.69, 9.17) is 15.2 Å². The minimum atomic E-state index is -0.624. The molecule has 2 aromatic rings. The van der Waals surface area contributed by atoms with Crippen LogP contribution in [-0.2, 0) is 19.1 Å². The molecule has 7 heteroatoms. The van der Waals surface area contributed by atoms with E-state index in [1.165, 1.54) is 11.0 Å². The molecule has 0 saturated carbocycles. The van der Waals surface area contributed by atoms with Gasteiger partial charge in [-0.15, -0.1) is 0 Å². The van der Waals surface area contributed by atoms with Crippen LogP contribution in [0.4, 0.5) is 0 Å². The van der Waals surface area contributed by atoms with Gasteiger partial charge in [-0.25, -0.2) is 4.79 Å². The maximum absolute atomic E-state index is 12.3. The number of hydrogen-bond donors (Lipinski definition) is 1. The molecule has 0 radical (unpaired) electrons. The normalized spacial score (nSPS) is 16.7. The van der Waals surface area contributed by atoms with Crippen LogP contribution in [0.5, 0.6) is 5.75 Å². The van der Waals surface area contributed by atoms with Gasteiger partial charge in [0.2, 0.25) is 5.91 Å². The van der Waals surface area contributed by atoms with Gasteiger partial charge in [-0.05, 0) is 59.9 Å². The Balaban J connectivity index is 1.57. The Morgan fingerprint density at radius 3 is 2.66 bits per heavy atom. The van der Waals surface area contributed by atoms with E-state index >= 15 is 0 Å². The van der Waals surface area contributed by atoms with Crippen molar-refractivity contribution in [3.8, 4) is 5.75 Å². The third-order valence-corrected chi connectivity index (χ3v) is 4.97. The van der Waals surface area contributed by atoms with Crippen molar-refractivity contribution in [1.29, 1.82) is 0 Å². The van der Waals surface area contributed by atoms with Gasteiger partial charge in [0.1, 0.15) is 11.8 Å². The fourth-order valence-electron chi connectivity index (χ4n) is 3.43. The zero-order chi connectivity index (χ0) is 20.8. The number of primary amides is 1. The van der Waals surface area contributed by atoms with Gasteiger partial charge < -0.3 is 20.1 Å². The van der Waals surface area contributed by atoms with Crippen molar-refractivity contribution in [2.45, 2.75) is 25.3 Å². The predicted octanol–water partition coefficient (Wildman–Crippen LogP) is 2.27. The van der Waals surface area contributed by atoms with E-state index in [0.717, 1.165) is 34.9 Å². The SMILES string of the molecule is COc1ccc2cc(/C=C/C(=O)OCC(=O)N3CCCC[C@@H]3C(N)=O)ccc2c1. The van der Waals surface area contributed by atoms with E-state index in [0.29, 0.717) is 13.0 Å². The molecule has 7 nitrogen and oxygen atoms in total.